The number of hydrogen-bond donors (Lipinski definition) is 1. The second-order valence-corrected chi connectivity index (χ2v) is 5.49. The first-order chi connectivity index (χ1) is 7.27. The van der Waals surface area contributed by atoms with Crippen LogP contribution in [0.2, 0.25) is 0 Å². The van der Waals surface area contributed by atoms with E-state index in [0.29, 0.717) is 0 Å². The average molecular weight is 221 g/mol. The summed E-state index contributed by atoms with van der Waals surface area (Å²) in [6, 6.07) is 6.22. The minimum atomic E-state index is 0.923. The molecule has 1 aromatic rings. The fraction of sp³-hybridized carbons (Fsp3) is 0.538. The van der Waals surface area contributed by atoms with Crippen LogP contribution in [0.15, 0.2) is 23.1 Å². The highest BCUT2D eigenvalue weighted by Crippen LogP contribution is 2.33. The number of nitrogens with two attached hydrogens (primary N) is 1. The quantitative estimate of drug-likeness (QED) is 0.619. The van der Waals surface area contributed by atoms with E-state index in [1.807, 2.05) is 17.8 Å². The van der Waals surface area contributed by atoms with Gasteiger partial charge >= 0.3 is 0 Å². The van der Waals surface area contributed by atoms with E-state index >= 15 is 0 Å². The molecular weight excluding hydrogens is 202 g/mol. The largest absolute Gasteiger partial charge is 0.398 e. The predicted molar refractivity (Wildman–Crippen MR) is 68.3 cm³/mol. The van der Waals surface area contributed by atoms with Crippen LogP contribution in [-0.4, -0.2) is 5.75 Å². The van der Waals surface area contributed by atoms with E-state index in [1.165, 1.54) is 41.9 Å². The zero-order valence-electron chi connectivity index (χ0n) is 9.33. The van der Waals surface area contributed by atoms with E-state index in [0.717, 1.165) is 11.6 Å². The fourth-order valence-electron chi connectivity index (χ4n) is 2.17. The van der Waals surface area contributed by atoms with Gasteiger partial charge in [-0.1, -0.05) is 18.9 Å². The Morgan fingerprint density at radius 2 is 2.07 bits per heavy atom. The summed E-state index contributed by atoms with van der Waals surface area (Å²) in [5.74, 6) is 2.21. The zero-order chi connectivity index (χ0) is 10.7. The van der Waals surface area contributed by atoms with Crippen LogP contribution in [0.5, 0.6) is 0 Å². The minimum absolute atomic E-state index is 0.923. The first-order valence-corrected chi connectivity index (χ1v) is 6.74. The molecule has 0 bridgehead atoms. The lowest BCUT2D eigenvalue weighted by molar-refractivity contribution is 0.623. The van der Waals surface area contributed by atoms with Crippen molar-refractivity contribution in [3.8, 4) is 0 Å². The van der Waals surface area contributed by atoms with Gasteiger partial charge in [-0.05, 0) is 43.4 Å². The Hall–Kier alpha value is -0.630. The van der Waals surface area contributed by atoms with Crippen LogP contribution >= 0.6 is 11.8 Å². The zero-order valence-corrected chi connectivity index (χ0v) is 10.1. The fourth-order valence-corrected chi connectivity index (χ4v) is 3.43. The van der Waals surface area contributed by atoms with E-state index < -0.39 is 0 Å². The maximum absolute atomic E-state index is 5.89. The maximum atomic E-state index is 5.89. The SMILES string of the molecule is Cc1c(N)cccc1SCC1CCCC1. The molecule has 0 unspecified atom stereocenters. The van der Waals surface area contributed by atoms with Crippen molar-refractivity contribution in [1.82, 2.24) is 0 Å². The molecule has 0 spiro atoms. The number of benzene rings is 1. The molecule has 2 N–H and O–H groups in total. The van der Waals surface area contributed by atoms with Crippen molar-refractivity contribution in [2.24, 2.45) is 5.92 Å². The van der Waals surface area contributed by atoms with E-state index in [-0.39, 0.29) is 0 Å². The lowest BCUT2D eigenvalue weighted by Gasteiger charge is -2.11. The smallest absolute Gasteiger partial charge is 0.0354 e. The molecule has 2 heteroatoms. The number of rotatable bonds is 3. The van der Waals surface area contributed by atoms with Gasteiger partial charge in [0.2, 0.25) is 0 Å². The summed E-state index contributed by atoms with van der Waals surface area (Å²) in [6.45, 7) is 2.12. The third-order valence-electron chi connectivity index (χ3n) is 3.28. The molecule has 1 fully saturated rings. The molecule has 1 aromatic carbocycles. The lowest BCUT2D eigenvalue weighted by atomic mass is 10.1. The molecule has 1 aliphatic carbocycles. The molecule has 2 rings (SSSR count). The predicted octanol–water partition coefficient (Wildman–Crippen LogP) is 3.86. The van der Waals surface area contributed by atoms with Gasteiger partial charge in [0.25, 0.3) is 0 Å². The molecule has 1 saturated carbocycles. The number of anilines is 1. The Morgan fingerprint density at radius 1 is 1.33 bits per heavy atom. The summed E-state index contributed by atoms with van der Waals surface area (Å²) in [4.78, 5) is 1.36. The molecule has 0 heterocycles. The monoisotopic (exact) mass is 221 g/mol. The molecule has 82 valence electrons. The van der Waals surface area contributed by atoms with Crippen LogP contribution in [0.3, 0.4) is 0 Å². The summed E-state index contributed by atoms with van der Waals surface area (Å²) in [5, 5.41) is 0. The van der Waals surface area contributed by atoms with E-state index in [2.05, 4.69) is 19.1 Å². The Morgan fingerprint density at radius 3 is 2.80 bits per heavy atom. The van der Waals surface area contributed by atoms with Crippen molar-refractivity contribution in [1.29, 1.82) is 0 Å². The molecular formula is C13H19NS. The molecule has 0 amide bonds. The third-order valence-corrected chi connectivity index (χ3v) is 4.67. The van der Waals surface area contributed by atoms with Crippen LogP contribution in [0, 0.1) is 12.8 Å². The van der Waals surface area contributed by atoms with Crippen LogP contribution in [0.4, 0.5) is 5.69 Å². The van der Waals surface area contributed by atoms with Gasteiger partial charge in [-0.25, -0.2) is 0 Å². The summed E-state index contributed by atoms with van der Waals surface area (Å²) in [7, 11) is 0. The standard InChI is InChI=1S/C13H19NS/c1-10-12(14)7-4-8-13(10)15-9-11-5-2-3-6-11/h4,7-8,11H,2-3,5-6,9,14H2,1H3. The van der Waals surface area contributed by atoms with E-state index in [4.69, 9.17) is 5.73 Å². The van der Waals surface area contributed by atoms with Gasteiger partial charge in [0.15, 0.2) is 0 Å². The Bertz CT molecular complexity index is 329. The Balaban J connectivity index is 1.95. The van der Waals surface area contributed by atoms with Crippen LogP contribution in [0.25, 0.3) is 0 Å². The average Bonchev–Trinajstić information content (AvgIpc) is 2.73. The molecule has 0 saturated heterocycles. The van der Waals surface area contributed by atoms with Gasteiger partial charge in [0, 0.05) is 16.3 Å². The van der Waals surface area contributed by atoms with Crippen molar-refractivity contribution in [2.75, 3.05) is 11.5 Å². The van der Waals surface area contributed by atoms with Crippen LogP contribution in [0.1, 0.15) is 31.2 Å². The molecule has 0 aromatic heterocycles. The van der Waals surface area contributed by atoms with E-state index in [9.17, 15) is 0 Å². The van der Waals surface area contributed by atoms with Crippen molar-refractivity contribution < 1.29 is 0 Å². The Kier molecular flexibility index (Phi) is 3.57. The van der Waals surface area contributed by atoms with Gasteiger partial charge in [-0.15, -0.1) is 11.8 Å². The molecule has 0 atom stereocenters. The van der Waals surface area contributed by atoms with Crippen molar-refractivity contribution in [2.45, 2.75) is 37.5 Å². The molecule has 0 radical (unpaired) electrons. The van der Waals surface area contributed by atoms with Crippen molar-refractivity contribution >= 4 is 17.4 Å². The van der Waals surface area contributed by atoms with Crippen LogP contribution < -0.4 is 5.73 Å². The summed E-state index contributed by atoms with van der Waals surface area (Å²) in [6.07, 6.45) is 5.71. The highest BCUT2D eigenvalue weighted by Gasteiger charge is 2.15. The topological polar surface area (TPSA) is 26.0 Å². The number of thioether (sulfide) groups is 1. The first kappa shape index (κ1) is 10.9. The number of nitrogen functional groups attached to an aromatic ring is 1. The third kappa shape index (κ3) is 2.69. The lowest BCUT2D eigenvalue weighted by Crippen LogP contribution is -1.97. The summed E-state index contributed by atoms with van der Waals surface area (Å²) in [5.41, 5.74) is 8.06. The van der Waals surface area contributed by atoms with Crippen LogP contribution in [-0.2, 0) is 0 Å². The summed E-state index contributed by atoms with van der Waals surface area (Å²) < 4.78 is 0. The molecule has 1 nitrogen and oxygen atoms in total. The van der Waals surface area contributed by atoms with Gasteiger partial charge in [0.1, 0.15) is 0 Å². The second kappa shape index (κ2) is 4.93. The Labute approximate surface area is 96.4 Å². The highest BCUT2D eigenvalue weighted by atomic mass is 32.2. The van der Waals surface area contributed by atoms with Gasteiger partial charge in [-0.3, -0.25) is 0 Å². The molecule has 0 aliphatic heterocycles. The summed E-state index contributed by atoms with van der Waals surface area (Å²) >= 11 is 1.98. The normalized spacial score (nSPS) is 17.1. The van der Waals surface area contributed by atoms with Crippen molar-refractivity contribution in [3.63, 3.8) is 0 Å². The minimum Gasteiger partial charge on any atom is -0.398 e. The number of hydrogen-bond acceptors (Lipinski definition) is 2. The molecule has 15 heavy (non-hydrogen) atoms. The van der Waals surface area contributed by atoms with Gasteiger partial charge < -0.3 is 5.73 Å². The highest BCUT2D eigenvalue weighted by molar-refractivity contribution is 7.99. The van der Waals surface area contributed by atoms with E-state index in [1.54, 1.807) is 0 Å². The van der Waals surface area contributed by atoms with Crippen molar-refractivity contribution in [3.05, 3.63) is 23.8 Å². The maximum Gasteiger partial charge on any atom is 0.0354 e. The second-order valence-electron chi connectivity index (χ2n) is 4.43. The van der Waals surface area contributed by atoms with Gasteiger partial charge in [-0.2, -0.15) is 0 Å². The molecule has 1 aliphatic rings. The van der Waals surface area contributed by atoms with Gasteiger partial charge in [0.05, 0.1) is 0 Å². The first-order valence-electron chi connectivity index (χ1n) is 5.75.